The highest BCUT2D eigenvalue weighted by Gasteiger charge is 2.11. The van der Waals surface area contributed by atoms with Crippen LogP contribution in [0.4, 0.5) is 0 Å². The summed E-state index contributed by atoms with van der Waals surface area (Å²) in [6.45, 7) is 0.00792. The summed E-state index contributed by atoms with van der Waals surface area (Å²) in [6, 6.07) is 5.90. The zero-order valence-corrected chi connectivity index (χ0v) is 8.63. The van der Waals surface area contributed by atoms with Gasteiger partial charge in [0.2, 0.25) is 0 Å². The molecule has 1 atom stereocenters. The molecule has 0 unspecified atom stereocenters. The fourth-order valence-electron chi connectivity index (χ4n) is 1.19. The average Bonchev–Trinajstić information content (AvgIpc) is 2.28. The molecule has 0 spiro atoms. The van der Waals surface area contributed by atoms with E-state index in [4.69, 9.17) is 15.6 Å². The van der Waals surface area contributed by atoms with E-state index in [-0.39, 0.29) is 13.0 Å². The molecular formula is C11H13NO4. The molecule has 86 valence electrons. The number of carbonyl (C=O) groups excluding carboxylic acids is 1. The number of benzene rings is 1. The first-order chi connectivity index (χ1) is 7.63. The Kier molecular flexibility index (Phi) is 4.47. The van der Waals surface area contributed by atoms with Crippen LogP contribution in [0, 0.1) is 0 Å². The third kappa shape index (κ3) is 3.70. The molecule has 16 heavy (non-hydrogen) atoms. The summed E-state index contributed by atoms with van der Waals surface area (Å²) in [5.41, 5.74) is 6.20. The van der Waals surface area contributed by atoms with Crippen molar-refractivity contribution in [3.8, 4) is 5.75 Å². The molecule has 0 saturated heterocycles. The first-order valence-electron chi connectivity index (χ1n) is 4.77. The Hall–Kier alpha value is -1.88. The number of carbonyl (C=O) groups is 2. The maximum absolute atomic E-state index is 10.5. The van der Waals surface area contributed by atoms with Crippen LogP contribution in [0.1, 0.15) is 5.56 Å². The van der Waals surface area contributed by atoms with Gasteiger partial charge in [0.25, 0.3) is 0 Å². The molecule has 0 amide bonds. The maximum Gasteiger partial charge on any atom is 0.320 e. The molecule has 0 radical (unpaired) electrons. The smallest absolute Gasteiger partial charge is 0.320 e. The highest BCUT2D eigenvalue weighted by Crippen LogP contribution is 2.12. The van der Waals surface area contributed by atoms with Crippen LogP contribution < -0.4 is 10.5 Å². The molecule has 1 aromatic rings. The highest BCUT2D eigenvalue weighted by molar-refractivity contribution is 5.73. The molecule has 1 aromatic carbocycles. The fourth-order valence-corrected chi connectivity index (χ4v) is 1.19. The van der Waals surface area contributed by atoms with Crippen LogP contribution in [0.2, 0.25) is 0 Å². The lowest BCUT2D eigenvalue weighted by molar-refractivity contribution is -0.138. The van der Waals surface area contributed by atoms with Gasteiger partial charge in [-0.1, -0.05) is 12.1 Å². The van der Waals surface area contributed by atoms with Crippen molar-refractivity contribution in [2.24, 2.45) is 5.73 Å². The average molecular weight is 223 g/mol. The molecule has 0 aliphatic heterocycles. The Bertz CT molecular complexity index is 361. The zero-order chi connectivity index (χ0) is 12.0. The molecule has 0 fully saturated rings. The summed E-state index contributed by atoms with van der Waals surface area (Å²) in [6.07, 6.45) is 0.928. The number of hydrogen-bond donors (Lipinski definition) is 2. The van der Waals surface area contributed by atoms with E-state index < -0.39 is 12.0 Å². The minimum absolute atomic E-state index is 0.00792. The van der Waals surface area contributed by atoms with Crippen molar-refractivity contribution in [3.63, 3.8) is 0 Å². The normalized spacial score (nSPS) is 11.8. The van der Waals surface area contributed by atoms with Gasteiger partial charge < -0.3 is 15.6 Å². The lowest BCUT2D eigenvalue weighted by Gasteiger charge is -2.07. The van der Waals surface area contributed by atoms with E-state index in [0.29, 0.717) is 12.0 Å². The largest absolute Gasteiger partial charge is 0.486 e. The molecule has 0 aliphatic rings. The second-order valence-corrected chi connectivity index (χ2v) is 3.27. The standard InChI is InChI=1S/C11H13NO4/c12-10(11(14)15)7-8-1-3-9(4-2-8)16-6-5-13/h1-5,10H,6-7,12H2,(H,14,15)/t10-/m0/s1. The topological polar surface area (TPSA) is 89.6 Å². The van der Waals surface area contributed by atoms with E-state index in [0.717, 1.165) is 5.56 Å². The van der Waals surface area contributed by atoms with Crippen molar-refractivity contribution in [2.75, 3.05) is 6.61 Å². The minimum Gasteiger partial charge on any atom is -0.486 e. The van der Waals surface area contributed by atoms with Gasteiger partial charge in [0.15, 0.2) is 6.29 Å². The third-order valence-corrected chi connectivity index (χ3v) is 2.01. The van der Waals surface area contributed by atoms with Crippen molar-refractivity contribution >= 4 is 12.3 Å². The van der Waals surface area contributed by atoms with Gasteiger partial charge in [0.1, 0.15) is 18.4 Å². The number of nitrogens with two attached hydrogens (primary N) is 1. The Labute approximate surface area is 92.8 Å². The second kappa shape index (κ2) is 5.87. The molecule has 0 bridgehead atoms. The van der Waals surface area contributed by atoms with Crippen molar-refractivity contribution in [2.45, 2.75) is 12.5 Å². The quantitative estimate of drug-likeness (QED) is 0.673. The van der Waals surface area contributed by atoms with Crippen LogP contribution in [-0.4, -0.2) is 30.0 Å². The molecule has 5 heteroatoms. The molecule has 0 heterocycles. The van der Waals surface area contributed by atoms with Crippen molar-refractivity contribution in [1.29, 1.82) is 0 Å². The van der Waals surface area contributed by atoms with Crippen LogP contribution in [0.25, 0.3) is 0 Å². The monoisotopic (exact) mass is 223 g/mol. The molecule has 0 aliphatic carbocycles. The first kappa shape index (κ1) is 12.2. The lowest BCUT2D eigenvalue weighted by Crippen LogP contribution is -2.32. The number of carboxylic acid groups (broad SMARTS) is 1. The van der Waals surface area contributed by atoms with Crippen molar-refractivity contribution in [1.82, 2.24) is 0 Å². The van der Waals surface area contributed by atoms with Crippen LogP contribution >= 0.6 is 0 Å². The molecule has 0 aromatic heterocycles. The van der Waals surface area contributed by atoms with Crippen molar-refractivity contribution < 1.29 is 19.4 Å². The number of aldehydes is 1. The number of carboxylic acids is 1. The Balaban J connectivity index is 2.57. The zero-order valence-electron chi connectivity index (χ0n) is 8.63. The van der Waals surface area contributed by atoms with E-state index >= 15 is 0 Å². The maximum atomic E-state index is 10.5. The second-order valence-electron chi connectivity index (χ2n) is 3.27. The predicted molar refractivity (Wildman–Crippen MR) is 57.3 cm³/mol. The third-order valence-electron chi connectivity index (χ3n) is 2.01. The van der Waals surface area contributed by atoms with Gasteiger partial charge in [0.05, 0.1) is 0 Å². The molecule has 1 rings (SSSR count). The Morgan fingerprint density at radius 1 is 1.44 bits per heavy atom. The predicted octanol–water partition coefficient (Wildman–Crippen LogP) is 0.219. The van der Waals surface area contributed by atoms with Gasteiger partial charge in [-0.3, -0.25) is 9.59 Å². The molecule has 5 nitrogen and oxygen atoms in total. The van der Waals surface area contributed by atoms with Gasteiger partial charge in [0, 0.05) is 0 Å². The van der Waals surface area contributed by atoms with E-state index in [1.54, 1.807) is 24.3 Å². The van der Waals surface area contributed by atoms with Crippen molar-refractivity contribution in [3.05, 3.63) is 29.8 Å². The van der Waals surface area contributed by atoms with E-state index in [9.17, 15) is 9.59 Å². The van der Waals surface area contributed by atoms with Crippen LogP contribution in [0.3, 0.4) is 0 Å². The summed E-state index contributed by atoms with van der Waals surface area (Å²) in [5.74, 6) is -0.457. The van der Waals surface area contributed by atoms with Crippen LogP contribution in [0.5, 0.6) is 5.75 Å². The minimum atomic E-state index is -1.03. The van der Waals surface area contributed by atoms with Gasteiger partial charge in [-0.25, -0.2) is 0 Å². The number of ether oxygens (including phenoxy) is 1. The Morgan fingerprint density at radius 2 is 2.06 bits per heavy atom. The number of rotatable bonds is 6. The van der Waals surface area contributed by atoms with E-state index in [2.05, 4.69) is 0 Å². The molecule has 0 saturated carbocycles. The van der Waals surface area contributed by atoms with E-state index in [1.165, 1.54) is 0 Å². The number of hydrogen-bond acceptors (Lipinski definition) is 4. The van der Waals surface area contributed by atoms with Gasteiger partial charge in [-0.2, -0.15) is 0 Å². The fraction of sp³-hybridized carbons (Fsp3) is 0.273. The van der Waals surface area contributed by atoms with Gasteiger partial charge >= 0.3 is 5.97 Å². The van der Waals surface area contributed by atoms with Gasteiger partial charge in [-0.15, -0.1) is 0 Å². The van der Waals surface area contributed by atoms with Crippen LogP contribution in [-0.2, 0) is 16.0 Å². The summed E-state index contributed by atoms with van der Waals surface area (Å²) in [7, 11) is 0. The van der Waals surface area contributed by atoms with Crippen LogP contribution in [0.15, 0.2) is 24.3 Å². The summed E-state index contributed by atoms with van der Waals surface area (Å²) in [5, 5.41) is 8.63. The molecule has 3 N–H and O–H groups in total. The molecular weight excluding hydrogens is 210 g/mol. The number of aliphatic carboxylic acids is 1. The first-order valence-corrected chi connectivity index (χ1v) is 4.77. The van der Waals surface area contributed by atoms with Gasteiger partial charge in [-0.05, 0) is 24.1 Å². The Morgan fingerprint density at radius 3 is 2.56 bits per heavy atom. The highest BCUT2D eigenvalue weighted by atomic mass is 16.5. The van der Waals surface area contributed by atoms with E-state index in [1.807, 2.05) is 0 Å². The SMILES string of the molecule is N[C@@H](Cc1ccc(OCC=O)cc1)C(=O)O. The summed E-state index contributed by atoms with van der Waals surface area (Å²) >= 11 is 0. The summed E-state index contributed by atoms with van der Waals surface area (Å²) < 4.78 is 5.05. The summed E-state index contributed by atoms with van der Waals surface area (Å²) in [4.78, 5) is 20.6. The lowest BCUT2D eigenvalue weighted by atomic mass is 10.1.